The van der Waals surface area contributed by atoms with Crippen LogP contribution in [-0.2, 0) is 13.0 Å². The zero-order chi connectivity index (χ0) is 9.80. The van der Waals surface area contributed by atoms with Gasteiger partial charge in [0.1, 0.15) is 19.0 Å². The van der Waals surface area contributed by atoms with Gasteiger partial charge in [0.2, 0.25) is 0 Å². The minimum absolute atomic E-state index is 0.149. The van der Waals surface area contributed by atoms with Crippen molar-refractivity contribution in [3.05, 3.63) is 29.3 Å². The largest absolute Gasteiger partial charge is 0.491 e. The second kappa shape index (κ2) is 4.42. The lowest BCUT2D eigenvalue weighted by molar-refractivity contribution is 0.269. The first-order chi connectivity index (χ1) is 6.92. The predicted octanol–water partition coefficient (Wildman–Crippen LogP) is 1.68. The zero-order valence-electron chi connectivity index (χ0n) is 8.05. The Balaban J connectivity index is 2.21. The van der Waals surface area contributed by atoms with Gasteiger partial charge in [-0.05, 0) is 24.6 Å². The van der Waals surface area contributed by atoms with Crippen molar-refractivity contribution in [3.63, 3.8) is 0 Å². The summed E-state index contributed by atoms with van der Waals surface area (Å²) in [4.78, 5) is 0. The molecule has 0 aliphatic carbocycles. The number of hydrogen-bond donors (Lipinski definition) is 1. The van der Waals surface area contributed by atoms with E-state index in [0.29, 0.717) is 0 Å². The minimum Gasteiger partial charge on any atom is -0.491 e. The van der Waals surface area contributed by atoms with Crippen molar-refractivity contribution in [2.24, 2.45) is 0 Å². The van der Waals surface area contributed by atoms with Crippen LogP contribution >= 0.6 is 0 Å². The first kappa shape index (κ1) is 9.46. The lowest BCUT2D eigenvalue weighted by Crippen LogP contribution is -2.24. The molecule has 2 nitrogen and oxygen atoms in total. The number of ether oxygens (including phenoxy) is 1. The molecule has 1 aliphatic heterocycles. The highest BCUT2D eigenvalue weighted by molar-refractivity contribution is 5.41. The van der Waals surface area contributed by atoms with Gasteiger partial charge >= 0.3 is 0 Å². The Morgan fingerprint density at radius 1 is 1.43 bits per heavy atom. The van der Waals surface area contributed by atoms with Gasteiger partial charge in [-0.1, -0.05) is 12.1 Å². The number of halogens is 1. The maximum absolute atomic E-state index is 12.0. The van der Waals surface area contributed by atoms with Crippen molar-refractivity contribution in [2.45, 2.75) is 13.0 Å². The van der Waals surface area contributed by atoms with Crippen LogP contribution in [0.15, 0.2) is 18.2 Å². The average molecular weight is 195 g/mol. The molecule has 1 heterocycles. The van der Waals surface area contributed by atoms with E-state index in [-0.39, 0.29) is 6.61 Å². The quantitative estimate of drug-likeness (QED) is 0.792. The summed E-state index contributed by atoms with van der Waals surface area (Å²) in [6.45, 7) is 1.56. The highest BCUT2D eigenvalue weighted by atomic mass is 19.1. The number of fused-ring (bicyclic) bond motifs is 1. The predicted molar refractivity (Wildman–Crippen MR) is 53.3 cm³/mol. The maximum Gasteiger partial charge on any atom is 0.124 e. The molecule has 1 aromatic carbocycles. The van der Waals surface area contributed by atoms with Gasteiger partial charge in [-0.3, -0.25) is 0 Å². The number of alkyl halides is 1. The van der Waals surface area contributed by atoms with Crippen LogP contribution in [0.3, 0.4) is 0 Å². The van der Waals surface area contributed by atoms with E-state index in [1.54, 1.807) is 0 Å². The normalized spacial score (nSPS) is 14.9. The number of benzene rings is 1. The fraction of sp³-hybridized carbons (Fsp3) is 0.455. The summed E-state index contributed by atoms with van der Waals surface area (Å²) in [5.41, 5.74) is 2.51. The van der Waals surface area contributed by atoms with Crippen LogP contribution in [0.4, 0.5) is 4.39 Å². The summed E-state index contributed by atoms with van der Waals surface area (Å²) in [5, 5.41) is 3.28. The van der Waals surface area contributed by atoms with Crippen LogP contribution in [0.1, 0.15) is 11.1 Å². The molecule has 1 N–H and O–H groups in total. The molecule has 0 radical (unpaired) electrons. The molecule has 1 aliphatic rings. The fourth-order valence-corrected chi connectivity index (χ4v) is 1.77. The zero-order valence-corrected chi connectivity index (χ0v) is 8.05. The van der Waals surface area contributed by atoms with Crippen molar-refractivity contribution < 1.29 is 9.13 Å². The van der Waals surface area contributed by atoms with E-state index in [2.05, 4.69) is 11.4 Å². The first-order valence-electron chi connectivity index (χ1n) is 4.92. The van der Waals surface area contributed by atoms with Crippen LogP contribution in [0, 0.1) is 0 Å². The van der Waals surface area contributed by atoms with E-state index in [1.165, 1.54) is 11.1 Å². The second-order valence-electron chi connectivity index (χ2n) is 3.36. The van der Waals surface area contributed by atoms with Gasteiger partial charge in [-0.25, -0.2) is 4.39 Å². The molecule has 0 amide bonds. The molecule has 0 fully saturated rings. The molecule has 1 aromatic rings. The lowest BCUT2D eigenvalue weighted by atomic mass is 10.0. The summed E-state index contributed by atoms with van der Waals surface area (Å²) in [6.07, 6.45) is 1.03. The van der Waals surface area contributed by atoms with Crippen LogP contribution < -0.4 is 10.1 Å². The maximum atomic E-state index is 12.0. The van der Waals surface area contributed by atoms with Crippen molar-refractivity contribution in [3.8, 4) is 5.75 Å². The Kier molecular flexibility index (Phi) is 2.99. The molecule has 76 valence electrons. The highest BCUT2D eigenvalue weighted by Crippen LogP contribution is 2.24. The third kappa shape index (κ3) is 1.87. The fourth-order valence-electron chi connectivity index (χ4n) is 1.77. The van der Waals surface area contributed by atoms with Crippen molar-refractivity contribution in [1.82, 2.24) is 5.32 Å². The van der Waals surface area contributed by atoms with Gasteiger partial charge in [-0.15, -0.1) is 0 Å². The van der Waals surface area contributed by atoms with Crippen LogP contribution in [0.25, 0.3) is 0 Å². The molecular formula is C11H14FNO. The molecule has 0 saturated carbocycles. The molecule has 0 aromatic heterocycles. The molecule has 0 saturated heterocycles. The van der Waals surface area contributed by atoms with Gasteiger partial charge in [0.15, 0.2) is 0 Å². The van der Waals surface area contributed by atoms with Gasteiger partial charge in [0, 0.05) is 12.1 Å². The van der Waals surface area contributed by atoms with Crippen molar-refractivity contribution in [2.75, 3.05) is 19.8 Å². The summed E-state index contributed by atoms with van der Waals surface area (Å²) in [7, 11) is 0. The molecule has 0 bridgehead atoms. The Bertz CT molecular complexity index is 314. The SMILES string of the molecule is FCCOc1cccc2c1CNCC2. The molecule has 2 rings (SSSR count). The summed E-state index contributed by atoms with van der Waals surface area (Å²) < 4.78 is 17.3. The molecule has 3 heteroatoms. The van der Waals surface area contributed by atoms with Gasteiger partial charge < -0.3 is 10.1 Å². The average Bonchev–Trinajstić information content (AvgIpc) is 2.26. The third-order valence-electron chi connectivity index (χ3n) is 2.44. The number of nitrogens with one attached hydrogen (secondary N) is 1. The Hall–Kier alpha value is -1.09. The summed E-state index contributed by atoms with van der Waals surface area (Å²) >= 11 is 0. The summed E-state index contributed by atoms with van der Waals surface area (Å²) in [6, 6.07) is 5.98. The van der Waals surface area contributed by atoms with E-state index in [9.17, 15) is 4.39 Å². The smallest absolute Gasteiger partial charge is 0.124 e. The molecule has 0 unspecified atom stereocenters. The Labute approximate surface area is 83.1 Å². The lowest BCUT2D eigenvalue weighted by Gasteiger charge is -2.19. The summed E-state index contributed by atoms with van der Waals surface area (Å²) in [5.74, 6) is 0.826. The number of rotatable bonds is 3. The topological polar surface area (TPSA) is 21.3 Å². The standard InChI is InChI=1S/C11H14FNO/c12-5-7-14-11-3-1-2-9-4-6-13-8-10(9)11/h1-3,13H,4-8H2. The van der Waals surface area contributed by atoms with E-state index < -0.39 is 6.67 Å². The van der Waals surface area contributed by atoms with Gasteiger partial charge in [0.25, 0.3) is 0 Å². The van der Waals surface area contributed by atoms with E-state index in [1.807, 2.05) is 12.1 Å². The molecule has 0 spiro atoms. The third-order valence-corrected chi connectivity index (χ3v) is 2.44. The number of hydrogen-bond acceptors (Lipinski definition) is 2. The van der Waals surface area contributed by atoms with Crippen molar-refractivity contribution in [1.29, 1.82) is 0 Å². The van der Waals surface area contributed by atoms with Crippen LogP contribution in [0.2, 0.25) is 0 Å². The molecule has 0 atom stereocenters. The van der Waals surface area contributed by atoms with E-state index in [4.69, 9.17) is 4.74 Å². The highest BCUT2D eigenvalue weighted by Gasteiger charge is 2.12. The minimum atomic E-state index is -0.433. The van der Waals surface area contributed by atoms with E-state index >= 15 is 0 Å². The molecule has 14 heavy (non-hydrogen) atoms. The van der Waals surface area contributed by atoms with Gasteiger partial charge in [0.05, 0.1) is 0 Å². The van der Waals surface area contributed by atoms with Crippen LogP contribution in [0.5, 0.6) is 5.75 Å². The second-order valence-corrected chi connectivity index (χ2v) is 3.36. The van der Waals surface area contributed by atoms with Crippen LogP contribution in [-0.4, -0.2) is 19.8 Å². The van der Waals surface area contributed by atoms with Crippen molar-refractivity contribution >= 4 is 0 Å². The molecular weight excluding hydrogens is 181 g/mol. The first-order valence-corrected chi connectivity index (χ1v) is 4.92. The Morgan fingerprint density at radius 2 is 2.36 bits per heavy atom. The monoisotopic (exact) mass is 195 g/mol. The Morgan fingerprint density at radius 3 is 3.21 bits per heavy atom. The van der Waals surface area contributed by atoms with Gasteiger partial charge in [-0.2, -0.15) is 0 Å². The van der Waals surface area contributed by atoms with E-state index in [0.717, 1.165) is 25.3 Å².